The second-order valence-electron chi connectivity index (χ2n) is 3.42. The number of benzene rings is 1. The minimum atomic E-state index is 0.0784. The van der Waals surface area contributed by atoms with Gasteiger partial charge in [-0.1, -0.05) is 34.1 Å². The summed E-state index contributed by atoms with van der Waals surface area (Å²) < 4.78 is 1.83. The molecule has 0 saturated heterocycles. The average molecular weight is 266 g/mol. The van der Waals surface area contributed by atoms with E-state index in [0.29, 0.717) is 0 Å². The van der Waals surface area contributed by atoms with Gasteiger partial charge < -0.3 is 4.57 Å². The Morgan fingerprint density at radius 3 is 2.73 bits per heavy atom. The van der Waals surface area contributed by atoms with Gasteiger partial charge in [-0.2, -0.15) is 0 Å². The minimum Gasteiger partial charge on any atom is -0.308 e. The zero-order chi connectivity index (χ0) is 10.7. The van der Waals surface area contributed by atoms with Crippen LogP contribution in [0.15, 0.2) is 41.2 Å². The van der Waals surface area contributed by atoms with Gasteiger partial charge in [0.1, 0.15) is 0 Å². The number of fused-ring (bicyclic) bond motifs is 1. The first kappa shape index (κ1) is 10.4. The minimum absolute atomic E-state index is 0.0784. The Balaban J connectivity index is 2.58. The second-order valence-corrected chi connectivity index (χ2v) is 4.22. The van der Waals surface area contributed by atoms with Gasteiger partial charge in [-0.05, 0) is 23.9 Å². The van der Waals surface area contributed by atoms with Crippen molar-refractivity contribution in [2.24, 2.45) is 0 Å². The molecule has 0 N–H and O–H groups in total. The van der Waals surface area contributed by atoms with Crippen LogP contribution in [0.25, 0.3) is 10.9 Å². The van der Waals surface area contributed by atoms with E-state index in [2.05, 4.69) is 15.9 Å². The maximum Gasteiger partial charge on any atom is 0.251 e. The molecule has 78 valence electrons. The van der Waals surface area contributed by atoms with E-state index in [9.17, 15) is 4.79 Å². The van der Waals surface area contributed by atoms with E-state index in [-0.39, 0.29) is 5.56 Å². The molecular formula is C12H12BrNO. The van der Waals surface area contributed by atoms with Crippen molar-refractivity contribution in [3.63, 3.8) is 0 Å². The van der Waals surface area contributed by atoms with Crippen LogP contribution in [0, 0.1) is 0 Å². The van der Waals surface area contributed by atoms with Crippen molar-refractivity contribution in [3.05, 3.63) is 46.8 Å². The fourth-order valence-electron chi connectivity index (χ4n) is 1.69. The summed E-state index contributed by atoms with van der Waals surface area (Å²) in [5, 5.41) is 2.04. The number of nitrogens with zero attached hydrogens (tertiary/aromatic N) is 1. The standard InChI is InChI=1S/C12H12BrNO/c13-8-3-9-14-11-5-2-1-4-10(11)6-7-12(14)15/h1-2,4-7H,3,8-9H2. The summed E-state index contributed by atoms with van der Waals surface area (Å²) in [4.78, 5) is 11.7. The SMILES string of the molecule is O=c1ccc2ccccc2n1CCCBr. The van der Waals surface area contributed by atoms with Gasteiger partial charge in [0.15, 0.2) is 0 Å². The molecule has 0 amide bonds. The van der Waals surface area contributed by atoms with Crippen molar-refractivity contribution in [2.75, 3.05) is 5.33 Å². The third-order valence-electron chi connectivity index (χ3n) is 2.41. The van der Waals surface area contributed by atoms with Crippen molar-refractivity contribution in [3.8, 4) is 0 Å². The lowest BCUT2D eigenvalue weighted by atomic mass is 10.2. The molecule has 0 saturated carbocycles. The smallest absolute Gasteiger partial charge is 0.251 e. The molecule has 0 fully saturated rings. The maximum absolute atomic E-state index is 11.7. The molecule has 0 aliphatic heterocycles. The molecule has 1 heterocycles. The van der Waals surface area contributed by atoms with Crippen molar-refractivity contribution < 1.29 is 0 Å². The maximum atomic E-state index is 11.7. The lowest BCUT2D eigenvalue weighted by Gasteiger charge is -2.08. The van der Waals surface area contributed by atoms with E-state index in [1.165, 1.54) is 0 Å². The molecule has 0 radical (unpaired) electrons. The molecule has 2 aromatic rings. The lowest BCUT2D eigenvalue weighted by Crippen LogP contribution is -2.19. The molecule has 2 nitrogen and oxygen atoms in total. The molecule has 0 aliphatic rings. The van der Waals surface area contributed by atoms with Gasteiger partial charge in [0.05, 0.1) is 5.52 Å². The van der Waals surface area contributed by atoms with Crippen LogP contribution in [0.3, 0.4) is 0 Å². The zero-order valence-electron chi connectivity index (χ0n) is 8.32. The van der Waals surface area contributed by atoms with Crippen LogP contribution in [0.4, 0.5) is 0 Å². The molecule has 2 rings (SSSR count). The third-order valence-corrected chi connectivity index (χ3v) is 2.98. The lowest BCUT2D eigenvalue weighted by molar-refractivity contribution is 0.685. The van der Waals surface area contributed by atoms with E-state index in [1.54, 1.807) is 6.07 Å². The van der Waals surface area contributed by atoms with Gasteiger partial charge >= 0.3 is 0 Å². The Morgan fingerprint density at radius 2 is 1.93 bits per heavy atom. The monoisotopic (exact) mass is 265 g/mol. The number of aromatic nitrogens is 1. The highest BCUT2D eigenvalue weighted by molar-refractivity contribution is 9.09. The summed E-state index contributed by atoms with van der Waals surface area (Å²) in [5.74, 6) is 0. The number of aryl methyl sites for hydroxylation is 1. The highest BCUT2D eigenvalue weighted by Gasteiger charge is 2.00. The Morgan fingerprint density at radius 1 is 1.13 bits per heavy atom. The molecule has 1 aromatic carbocycles. The average Bonchev–Trinajstić information content (AvgIpc) is 2.28. The summed E-state index contributed by atoms with van der Waals surface area (Å²) in [6, 6.07) is 11.5. The molecular weight excluding hydrogens is 254 g/mol. The van der Waals surface area contributed by atoms with Crippen LogP contribution in [0.5, 0.6) is 0 Å². The van der Waals surface area contributed by atoms with E-state index >= 15 is 0 Å². The largest absolute Gasteiger partial charge is 0.308 e. The number of alkyl halides is 1. The molecule has 0 bridgehead atoms. The highest BCUT2D eigenvalue weighted by Crippen LogP contribution is 2.11. The first-order valence-electron chi connectivity index (χ1n) is 4.97. The molecule has 0 spiro atoms. The summed E-state index contributed by atoms with van der Waals surface area (Å²) in [7, 11) is 0. The van der Waals surface area contributed by atoms with Crippen molar-refractivity contribution in [1.29, 1.82) is 0 Å². The summed E-state index contributed by atoms with van der Waals surface area (Å²) in [6.45, 7) is 0.769. The highest BCUT2D eigenvalue weighted by atomic mass is 79.9. The second kappa shape index (κ2) is 4.62. The van der Waals surface area contributed by atoms with E-state index < -0.39 is 0 Å². The van der Waals surface area contributed by atoms with E-state index in [1.807, 2.05) is 34.9 Å². The predicted octanol–water partition coefficient (Wildman–Crippen LogP) is 2.79. The van der Waals surface area contributed by atoms with Crippen LogP contribution >= 0.6 is 15.9 Å². The number of pyridine rings is 1. The first-order valence-corrected chi connectivity index (χ1v) is 6.09. The van der Waals surface area contributed by atoms with Crippen molar-refractivity contribution in [2.45, 2.75) is 13.0 Å². The van der Waals surface area contributed by atoms with Gasteiger partial charge in [0.25, 0.3) is 5.56 Å². The number of rotatable bonds is 3. The number of halogens is 1. The summed E-state index contributed by atoms with van der Waals surface area (Å²) in [6.07, 6.45) is 0.966. The zero-order valence-corrected chi connectivity index (χ0v) is 9.90. The van der Waals surface area contributed by atoms with Crippen LogP contribution in [-0.4, -0.2) is 9.90 Å². The molecule has 0 unspecified atom stereocenters. The Hall–Kier alpha value is -1.09. The Bertz CT molecular complexity index is 518. The third kappa shape index (κ3) is 2.12. The van der Waals surface area contributed by atoms with Crippen LogP contribution in [0.1, 0.15) is 6.42 Å². The topological polar surface area (TPSA) is 22.0 Å². The summed E-state index contributed by atoms with van der Waals surface area (Å²) >= 11 is 3.38. The quantitative estimate of drug-likeness (QED) is 0.783. The van der Waals surface area contributed by atoms with Gasteiger partial charge in [0, 0.05) is 17.9 Å². The number of hydrogen-bond donors (Lipinski definition) is 0. The van der Waals surface area contributed by atoms with Gasteiger partial charge in [0.2, 0.25) is 0 Å². The fourth-order valence-corrected chi connectivity index (χ4v) is 1.94. The first-order chi connectivity index (χ1) is 7.33. The molecule has 1 aromatic heterocycles. The fraction of sp³-hybridized carbons (Fsp3) is 0.250. The van der Waals surface area contributed by atoms with Crippen LogP contribution in [0.2, 0.25) is 0 Å². The molecule has 0 aliphatic carbocycles. The van der Waals surface area contributed by atoms with Crippen LogP contribution in [-0.2, 0) is 6.54 Å². The molecule has 15 heavy (non-hydrogen) atoms. The van der Waals surface area contributed by atoms with Crippen molar-refractivity contribution in [1.82, 2.24) is 4.57 Å². The van der Waals surface area contributed by atoms with Crippen LogP contribution < -0.4 is 5.56 Å². The number of para-hydroxylation sites is 1. The van der Waals surface area contributed by atoms with Gasteiger partial charge in [-0.25, -0.2) is 0 Å². The van der Waals surface area contributed by atoms with E-state index in [0.717, 1.165) is 29.2 Å². The Kier molecular flexibility index (Phi) is 3.21. The van der Waals surface area contributed by atoms with Gasteiger partial charge in [-0.15, -0.1) is 0 Å². The summed E-state index contributed by atoms with van der Waals surface area (Å²) in [5.41, 5.74) is 1.10. The Labute approximate surface area is 96.7 Å². The van der Waals surface area contributed by atoms with Gasteiger partial charge in [-0.3, -0.25) is 4.79 Å². The predicted molar refractivity (Wildman–Crippen MR) is 66.6 cm³/mol. The molecule has 0 atom stereocenters. The number of hydrogen-bond acceptors (Lipinski definition) is 1. The molecule has 3 heteroatoms. The van der Waals surface area contributed by atoms with Crippen molar-refractivity contribution >= 4 is 26.8 Å². The van der Waals surface area contributed by atoms with E-state index in [4.69, 9.17) is 0 Å². The normalized spacial score (nSPS) is 10.7.